The molecule has 1 atom stereocenters. The maximum absolute atomic E-state index is 6.17. The molecule has 4 rings (SSSR count). The molecule has 0 amide bonds. The Labute approximate surface area is 195 Å². The highest BCUT2D eigenvalue weighted by Gasteiger charge is 2.27. The summed E-state index contributed by atoms with van der Waals surface area (Å²) in [5.74, 6) is 3.28. The van der Waals surface area contributed by atoms with Gasteiger partial charge in [0.05, 0.1) is 12.8 Å². The third kappa shape index (κ3) is 5.63. The lowest BCUT2D eigenvalue weighted by atomic mass is 10.0. The van der Waals surface area contributed by atoms with Crippen LogP contribution in [-0.2, 0) is 13.6 Å². The maximum Gasteiger partial charge on any atom is 0.224 e. The number of ether oxygens (including phenoxy) is 2. The number of pyridine rings is 1. The van der Waals surface area contributed by atoms with Crippen LogP contribution in [0.15, 0.2) is 60.0 Å². The number of guanidine groups is 1. The van der Waals surface area contributed by atoms with Crippen LogP contribution < -0.4 is 14.8 Å². The number of para-hydroxylation sites is 2. The SMILES string of the molecule is CCCOc1ccccc1Oc1ncccc1CNC(=NC)N1CCC(c2cnn(C)c2)C1. The minimum Gasteiger partial charge on any atom is -0.490 e. The van der Waals surface area contributed by atoms with Gasteiger partial charge in [0, 0.05) is 57.6 Å². The zero-order valence-electron chi connectivity index (χ0n) is 19.6. The summed E-state index contributed by atoms with van der Waals surface area (Å²) in [6, 6.07) is 11.6. The topological polar surface area (TPSA) is 76.8 Å². The lowest BCUT2D eigenvalue weighted by Gasteiger charge is -2.22. The van der Waals surface area contributed by atoms with Crippen molar-refractivity contribution >= 4 is 5.96 Å². The number of rotatable bonds is 8. The van der Waals surface area contributed by atoms with E-state index in [1.807, 2.05) is 61.4 Å². The van der Waals surface area contributed by atoms with Gasteiger partial charge in [0.15, 0.2) is 17.5 Å². The van der Waals surface area contributed by atoms with E-state index in [0.717, 1.165) is 43.2 Å². The molecule has 1 aromatic carbocycles. The second kappa shape index (κ2) is 10.8. The molecule has 3 heterocycles. The summed E-state index contributed by atoms with van der Waals surface area (Å²) < 4.78 is 13.9. The average molecular weight is 449 g/mol. The summed E-state index contributed by atoms with van der Waals surface area (Å²) in [7, 11) is 3.78. The summed E-state index contributed by atoms with van der Waals surface area (Å²) in [5, 5.41) is 7.80. The van der Waals surface area contributed by atoms with Crippen LogP contribution in [0, 0.1) is 0 Å². The fraction of sp³-hybridized carbons (Fsp3) is 0.400. The van der Waals surface area contributed by atoms with Crippen LogP contribution >= 0.6 is 0 Å². The van der Waals surface area contributed by atoms with Crippen LogP contribution in [0.2, 0.25) is 0 Å². The second-order valence-corrected chi connectivity index (χ2v) is 8.14. The van der Waals surface area contributed by atoms with Crippen molar-refractivity contribution < 1.29 is 9.47 Å². The Morgan fingerprint density at radius 1 is 1.21 bits per heavy atom. The molecule has 8 heteroatoms. The number of aromatic nitrogens is 3. The molecule has 0 aliphatic carbocycles. The standard InChI is InChI=1S/C25H32N6O2/c1-4-14-32-22-9-5-6-10-23(22)33-24-19(8-7-12-27-24)15-28-25(26-2)31-13-11-20(18-31)21-16-29-30(3)17-21/h5-10,12,16-17,20H,4,11,13-15,18H2,1-3H3,(H,26,28). The van der Waals surface area contributed by atoms with E-state index < -0.39 is 0 Å². The Balaban J connectivity index is 1.41. The van der Waals surface area contributed by atoms with Crippen LogP contribution in [0.3, 0.4) is 0 Å². The Morgan fingerprint density at radius 3 is 2.82 bits per heavy atom. The molecule has 8 nitrogen and oxygen atoms in total. The molecule has 1 aliphatic rings. The quantitative estimate of drug-likeness (QED) is 0.415. The van der Waals surface area contributed by atoms with Gasteiger partial charge in [-0.15, -0.1) is 0 Å². The van der Waals surface area contributed by atoms with E-state index >= 15 is 0 Å². The van der Waals surface area contributed by atoms with Gasteiger partial charge >= 0.3 is 0 Å². The molecule has 33 heavy (non-hydrogen) atoms. The fourth-order valence-electron chi connectivity index (χ4n) is 4.00. The molecule has 3 aromatic rings. The third-order valence-corrected chi connectivity index (χ3v) is 5.70. The van der Waals surface area contributed by atoms with E-state index in [4.69, 9.17) is 9.47 Å². The number of hydrogen-bond donors (Lipinski definition) is 1. The highest BCUT2D eigenvalue weighted by molar-refractivity contribution is 5.80. The number of aliphatic imine (C=N–C) groups is 1. The number of nitrogens with one attached hydrogen (secondary N) is 1. The number of nitrogens with zero attached hydrogens (tertiary/aromatic N) is 5. The molecule has 0 bridgehead atoms. The molecule has 1 unspecified atom stereocenters. The molecular formula is C25H32N6O2. The molecule has 0 radical (unpaired) electrons. The number of aryl methyl sites for hydroxylation is 1. The molecule has 2 aromatic heterocycles. The predicted octanol–water partition coefficient (Wildman–Crippen LogP) is 3.96. The van der Waals surface area contributed by atoms with Gasteiger partial charge in [-0.2, -0.15) is 5.10 Å². The smallest absolute Gasteiger partial charge is 0.224 e. The third-order valence-electron chi connectivity index (χ3n) is 5.70. The summed E-state index contributed by atoms with van der Waals surface area (Å²) in [5.41, 5.74) is 2.23. The van der Waals surface area contributed by atoms with Gasteiger partial charge in [-0.1, -0.05) is 25.1 Å². The van der Waals surface area contributed by atoms with Crippen LogP contribution in [0.5, 0.6) is 17.4 Å². The minimum atomic E-state index is 0.467. The molecule has 0 spiro atoms. The first kappa shape index (κ1) is 22.6. The van der Waals surface area contributed by atoms with Gasteiger partial charge in [-0.3, -0.25) is 9.67 Å². The van der Waals surface area contributed by atoms with Crippen molar-refractivity contribution in [2.75, 3.05) is 26.7 Å². The summed E-state index contributed by atoms with van der Waals surface area (Å²) in [6.45, 7) is 5.16. The molecule has 174 valence electrons. The van der Waals surface area contributed by atoms with Crippen molar-refractivity contribution in [3.8, 4) is 17.4 Å². The molecule has 1 saturated heterocycles. The van der Waals surface area contributed by atoms with E-state index in [-0.39, 0.29) is 0 Å². The van der Waals surface area contributed by atoms with Crippen molar-refractivity contribution in [1.82, 2.24) is 25.0 Å². The van der Waals surface area contributed by atoms with Gasteiger partial charge in [-0.05, 0) is 36.6 Å². The molecule has 1 aliphatic heterocycles. The van der Waals surface area contributed by atoms with Gasteiger partial charge in [0.1, 0.15) is 0 Å². The van der Waals surface area contributed by atoms with Crippen molar-refractivity contribution in [1.29, 1.82) is 0 Å². The maximum atomic E-state index is 6.17. The van der Waals surface area contributed by atoms with E-state index in [0.29, 0.717) is 30.7 Å². The number of benzene rings is 1. The predicted molar refractivity (Wildman–Crippen MR) is 129 cm³/mol. The van der Waals surface area contributed by atoms with Gasteiger partial charge in [0.2, 0.25) is 5.88 Å². The van der Waals surface area contributed by atoms with Crippen molar-refractivity contribution in [2.24, 2.45) is 12.0 Å². The first-order valence-corrected chi connectivity index (χ1v) is 11.5. The zero-order valence-corrected chi connectivity index (χ0v) is 19.6. The summed E-state index contributed by atoms with van der Waals surface area (Å²) in [6.07, 6.45) is 7.83. The van der Waals surface area contributed by atoms with Gasteiger partial charge < -0.3 is 19.7 Å². The highest BCUT2D eigenvalue weighted by atomic mass is 16.5. The number of hydrogen-bond acceptors (Lipinski definition) is 5. The average Bonchev–Trinajstić information content (AvgIpc) is 3.49. The van der Waals surface area contributed by atoms with E-state index in [2.05, 4.69) is 38.4 Å². The lowest BCUT2D eigenvalue weighted by Crippen LogP contribution is -2.39. The zero-order chi connectivity index (χ0) is 23.0. The first-order chi connectivity index (χ1) is 16.2. The Hall–Kier alpha value is -3.55. The van der Waals surface area contributed by atoms with Crippen LogP contribution in [0.25, 0.3) is 0 Å². The van der Waals surface area contributed by atoms with Crippen LogP contribution in [0.4, 0.5) is 0 Å². The molecule has 0 saturated carbocycles. The van der Waals surface area contributed by atoms with Crippen molar-refractivity contribution in [3.63, 3.8) is 0 Å². The lowest BCUT2D eigenvalue weighted by molar-refractivity contribution is 0.300. The van der Waals surface area contributed by atoms with Gasteiger partial charge in [0.25, 0.3) is 0 Å². The first-order valence-electron chi connectivity index (χ1n) is 11.5. The second-order valence-electron chi connectivity index (χ2n) is 8.14. The van der Waals surface area contributed by atoms with E-state index in [9.17, 15) is 0 Å². The van der Waals surface area contributed by atoms with Crippen molar-refractivity contribution in [3.05, 3.63) is 66.1 Å². The molecular weight excluding hydrogens is 416 g/mol. The van der Waals surface area contributed by atoms with Crippen LogP contribution in [0.1, 0.15) is 36.8 Å². The number of likely N-dealkylation sites (tertiary alicyclic amines) is 1. The molecule has 1 fully saturated rings. The fourth-order valence-corrected chi connectivity index (χ4v) is 4.00. The minimum absolute atomic E-state index is 0.467. The Morgan fingerprint density at radius 2 is 2.06 bits per heavy atom. The largest absolute Gasteiger partial charge is 0.490 e. The van der Waals surface area contributed by atoms with Crippen molar-refractivity contribution in [2.45, 2.75) is 32.2 Å². The Bertz CT molecular complexity index is 1080. The normalized spacial score (nSPS) is 16.2. The summed E-state index contributed by atoms with van der Waals surface area (Å²) in [4.78, 5) is 11.3. The van der Waals surface area contributed by atoms with Crippen LogP contribution in [-0.4, -0.2) is 52.4 Å². The molecule has 1 N–H and O–H groups in total. The van der Waals surface area contributed by atoms with E-state index in [1.165, 1.54) is 5.56 Å². The van der Waals surface area contributed by atoms with E-state index in [1.54, 1.807) is 6.20 Å². The Kier molecular flexibility index (Phi) is 7.44. The van der Waals surface area contributed by atoms with Gasteiger partial charge in [-0.25, -0.2) is 4.98 Å². The summed E-state index contributed by atoms with van der Waals surface area (Å²) >= 11 is 0. The highest BCUT2D eigenvalue weighted by Crippen LogP contribution is 2.32. The monoisotopic (exact) mass is 448 g/mol.